The lowest BCUT2D eigenvalue weighted by molar-refractivity contribution is -0.398. The number of carbonyl (C=O) groups is 1. The number of hydrogen-bond acceptors (Lipinski definition) is 5. The average Bonchev–Trinajstić information content (AvgIpc) is 2.82. The number of carbonyl (C=O) groups excluding carboxylic acids is 1. The standard InChI is InChI=1S/C18H15N3O4S/c1-10-5-11(2)7-13(6-10)20-17(23)14(19-18(20)26)8-12-3-4-16(22)15(9-12)21(24)25/h3-9,22H,1-2H3,(H,19,26)/p-1/b14-8+. The maximum atomic E-state index is 12.7. The lowest BCUT2D eigenvalue weighted by atomic mass is 10.1. The molecule has 1 N–H and O–H groups in total. The van der Waals surface area contributed by atoms with Gasteiger partial charge in [-0.05, 0) is 66.7 Å². The normalized spacial score (nSPS) is 15.5. The van der Waals surface area contributed by atoms with Gasteiger partial charge in [0, 0.05) is 6.07 Å². The molecule has 7 nitrogen and oxygen atoms in total. The van der Waals surface area contributed by atoms with Crippen LogP contribution in [0.5, 0.6) is 5.75 Å². The second kappa shape index (κ2) is 6.57. The summed E-state index contributed by atoms with van der Waals surface area (Å²) in [7, 11) is 0. The van der Waals surface area contributed by atoms with Crippen LogP contribution in [0.2, 0.25) is 0 Å². The van der Waals surface area contributed by atoms with Crippen molar-refractivity contribution in [2.45, 2.75) is 13.8 Å². The molecule has 26 heavy (non-hydrogen) atoms. The van der Waals surface area contributed by atoms with E-state index in [0.717, 1.165) is 23.3 Å². The number of aryl methyl sites for hydroxylation is 2. The van der Waals surface area contributed by atoms with Gasteiger partial charge in [0.1, 0.15) is 5.70 Å². The number of hydrogen-bond donors (Lipinski definition) is 1. The van der Waals surface area contributed by atoms with E-state index in [2.05, 4.69) is 5.32 Å². The highest BCUT2D eigenvalue weighted by Crippen LogP contribution is 2.27. The van der Waals surface area contributed by atoms with Crippen molar-refractivity contribution >= 4 is 40.7 Å². The minimum atomic E-state index is -0.749. The zero-order chi connectivity index (χ0) is 19.0. The summed E-state index contributed by atoms with van der Waals surface area (Å²) in [6.45, 7) is 3.85. The third-order valence-electron chi connectivity index (χ3n) is 3.83. The summed E-state index contributed by atoms with van der Waals surface area (Å²) in [5.41, 5.74) is 2.64. The predicted molar refractivity (Wildman–Crippen MR) is 99.7 cm³/mol. The molecule has 0 unspecified atom stereocenters. The largest absolute Gasteiger partial charge is 0.868 e. The molecule has 0 aromatic heterocycles. The quantitative estimate of drug-likeness (QED) is 0.387. The SMILES string of the molecule is Cc1cc(C)cc(N2C(=O)/C(=C\c3ccc([O-])c([N+](=O)[O-])c3)NC2=S)c1. The van der Waals surface area contributed by atoms with E-state index in [4.69, 9.17) is 12.2 Å². The van der Waals surface area contributed by atoms with Gasteiger partial charge in [-0.2, -0.15) is 0 Å². The molecule has 1 aliphatic rings. The zero-order valence-electron chi connectivity index (χ0n) is 14.0. The van der Waals surface area contributed by atoms with Gasteiger partial charge in [-0.25, -0.2) is 0 Å². The molecule has 1 fully saturated rings. The van der Waals surface area contributed by atoms with Crippen LogP contribution in [0.4, 0.5) is 11.4 Å². The van der Waals surface area contributed by atoms with E-state index in [1.54, 1.807) is 0 Å². The monoisotopic (exact) mass is 368 g/mol. The number of nitro benzene ring substituents is 1. The zero-order valence-corrected chi connectivity index (χ0v) is 14.8. The van der Waals surface area contributed by atoms with E-state index < -0.39 is 16.4 Å². The topological polar surface area (TPSA) is 98.5 Å². The Balaban J connectivity index is 1.97. The number of anilines is 1. The molecule has 8 heteroatoms. The number of nitrogens with one attached hydrogen (secondary N) is 1. The molecule has 0 radical (unpaired) electrons. The third kappa shape index (κ3) is 3.27. The average molecular weight is 368 g/mol. The smallest absolute Gasteiger partial charge is 0.281 e. The molecule has 2 aromatic carbocycles. The maximum Gasteiger partial charge on any atom is 0.281 e. The van der Waals surface area contributed by atoms with Crippen LogP contribution in [0.3, 0.4) is 0 Å². The summed E-state index contributed by atoms with van der Waals surface area (Å²) in [5.74, 6) is -1.05. The fraction of sp³-hybridized carbons (Fsp3) is 0.111. The fourth-order valence-electron chi connectivity index (χ4n) is 2.78. The number of amides is 1. The molecule has 0 aliphatic carbocycles. The Morgan fingerprint density at radius 2 is 1.81 bits per heavy atom. The van der Waals surface area contributed by atoms with Crippen molar-refractivity contribution in [3.05, 3.63) is 68.9 Å². The van der Waals surface area contributed by atoms with E-state index in [1.165, 1.54) is 17.0 Å². The first kappa shape index (κ1) is 17.6. The van der Waals surface area contributed by atoms with Crippen LogP contribution in [0.1, 0.15) is 16.7 Å². The molecule has 0 spiro atoms. The summed E-state index contributed by atoms with van der Waals surface area (Å²) in [4.78, 5) is 24.3. The Labute approximate surface area is 154 Å². The summed E-state index contributed by atoms with van der Waals surface area (Å²) in [5, 5.41) is 25.4. The minimum Gasteiger partial charge on any atom is -0.868 e. The molecule has 0 atom stereocenters. The first-order chi connectivity index (χ1) is 12.3. The van der Waals surface area contributed by atoms with Gasteiger partial charge in [-0.1, -0.05) is 18.2 Å². The highest BCUT2D eigenvalue weighted by molar-refractivity contribution is 7.80. The lowest BCUT2D eigenvalue weighted by Gasteiger charge is -2.15. The highest BCUT2D eigenvalue weighted by Gasteiger charge is 2.32. The Hall–Kier alpha value is -3.26. The summed E-state index contributed by atoms with van der Waals surface area (Å²) in [6.07, 6.45) is 1.43. The van der Waals surface area contributed by atoms with Gasteiger partial charge in [-0.3, -0.25) is 19.8 Å². The van der Waals surface area contributed by atoms with Crippen LogP contribution in [0.25, 0.3) is 6.08 Å². The molecule has 1 amide bonds. The van der Waals surface area contributed by atoms with Crippen LogP contribution in [0, 0.1) is 24.0 Å². The molecule has 1 aliphatic heterocycles. The number of benzene rings is 2. The van der Waals surface area contributed by atoms with Crippen molar-refractivity contribution in [3.8, 4) is 5.75 Å². The summed E-state index contributed by atoms with van der Waals surface area (Å²) < 4.78 is 0. The third-order valence-corrected chi connectivity index (χ3v) is 4.12. The number of rotatable bonds is 3. The van der Waals surface area contributed by atoms with Gasteiger partial charge >= 0.3 is 0 Å². The first-order valence-corrected chi connectivity index (χ1v) is 8.08. The second-order valence-electron chi connectivity index (χ2n) is 5.96. The van der Waals surface area contributed by atoms with Crippen molar-refractivity contribution in [2.75, 3.05) is 4.90 Å². The van der Waals surface area contributed by atoms with E-state index in [0.29, 0.717) is 11.3 Å². The predicted octanol–water partition coefficient (Wildman–Crippen LogP) is 2.55. The maximum absolute atomic E-state index is 12.7. The summed E-state index contributed by atoms with van der Waals surface area (Å²) >= 11 is 5.26. The van der Waals surface area contributed by atoms with Crippen LogP contribution in [0.15, 0.2) is 42.1 Å². The van der Waals surface area contributed by atoms with Crippen molar-refractivity contribution in [3.63, 3.8) is 0 Å². The van der Waals surface area contributed by atoms with E-state index >= 15 is 0 Å². The molecule has 2 aromatic rings. The molecule has 3 rings (SSSR count). The van der Waals surface area contributed by atoms with Crippen molar-refractivity contribution < 1.29 is 14.8 Å². The molecule has 132 valence electrons. The molecular formula is C18H14N3O4S-. The van der Waals surface area contributed by atoms with E-state index in [-0.39, 0.29) is 16.7 Å². The van der Waals surface area contributed by atoms with Gasteiger partial charge in [0.15, 0.2) is 5.11 Å². The van der Waals surface area contributed by atoms with Crippen LogP contribution in [-0.4, -0.2) is 15.9 Å². The van der Waals surface area contributed by atoms with Gasteiger partial charge in [0.25, 0.3) is 11.6 Å². The van der Waals surface area contributed by atoms with Gasteiger partial charge < -0.3 is 10.4 Å². The first-order valence-electron chi connectivity index (χ1n) is 7.67. The number of nitrogens with zero attached hydrogens (tertiary/aromatic N) is 2. The Morgan fingerprint density at radius 1 is 1.15 bits per heavy atom. The molecule has 1 saturated heterocycles. The minimum absolute atomic E-state index is 0.183. The van der Waals surface area contributed by atoms with Crippen LogP contribution < -0.4 is 15.3 Å². The van der Waals surface area contributed by atoms with Crippen molar-refractivity contribution in [2.24, 2.45) is 0 Å². The summed E-state index contributed by atoms with van der Waals surface area (Å²) in [6, 6.07) is 9.33. The number of nitro groups is 1. The second-order valence-corrected chi connectivity index (χ2v) is 6.35. The van der Waals surface area contributed by atoms with Gasteiger partial charge in [0.2, 0.25) is 0 Å². The van der Waals surface area contributed by atoms with Crippen LogP contribution >= 0.6 is 12.2 Å². The highest BCUT2D eigenvalue weighted by atomic mass is 32.1. The fourth-order valence-corrected chi connectivity index (χ4v) is 3.08. The van der Waals surface area contributed by atoms with Crippen LogP contribution in [-0.2, 0) is 4.79 Å². The molecular weight excluding hydrogens is 354 g/mol. The molecule has 0 saturated carbocycles. The van der Waals surface area contributed by atoms with Crippen molar-refractivity contribution in [1.82, 2.24) is 5.32 Å². The molecule has 1 heterocycles. The molecule has 0 bridgehead atoms. The Kier molecular flexibility index (Phi) is 4.43. The Bertz CT molecular complexity index is 964. The lowest BCUT2D eigenvalue weighted by Crippen LogP contribution is -2.30. The number of thiocarbonyl (C=S) groups is 1. The van der Waals surface area contributed by atoms with Gasteiger partial charge in [0.05, 0.1) is 10.6 Å². The Morgan fingerprint density at radius 3 is 2.42 bits per heavy atom. The van der Waals surface area contributed by atoms with Crippen molar-refractivity contribution in [1.29, 1.82) is 0 Å². The van der Waals surface area contributed by atoms with E-state index in [9.17, 15) is 20.0 Å². The van der Waals surface area contributed by atoms with E-state index in [1.807, 2.05) is 32.0 Å². The van der Waals surface area contributed by atoms with Gasteiger partial charge in [-0.15, -0.1) is 0 Å².